The molecule has 0 saturated heterocycles. The van der Waals surface area contributed by atoms with E-state index >= 15 is 0 Å². The summed E-state index contributed by atoms with van der Waals surface area (Å²) in [5.74, 6) is 0.460. The van der Waals surface area contributed by atoms with Crippen LogP contribution in [-0.4, -0.2) is 18.4 Å². The summed E-state index contributed by atoms with van der Waals surface area (Å²) in [5.41, 5.74) is 0.345. The molecule has 0 aliphatic heterocycles. The van der Waals surface area contributed by atoms with Crippen LogP contribution in [0.4, 0.5) is 0 Å². The average Bonchev–Trinajstić information content (AvgIpc) is 3.07. The van der Waals surface area contributed by atoms with Gasteiger partial charge in [0.05, 0.1) is 14.8 Å². The Morgan fingerprint density at radius 2 is 1.56 bits per heavy atom. The third-order valence-corrected chi connectivity index (χ3v) is 4.52. The van der Waals surface area contributed by atoms with E-state index in [1.54, 1.807) is 36.4 Å². The Morgan fingerprint density at radius 1 is 0.880 bits per heavy atom. The third kappa shape index (κ3) is 4.68. The average molecular weight is 373 g/mol. The summed E-state index contributed by atoms with van der Waals surface area (Å²) >= 11 is 6.94. The quantitative estimate of drug-likeness (QED) is 0.439. The van der Waals surface area contributed by atoms with Gasteiger partial charge in [0.15, 0.2) is 6.61 Å². The molecule has 126 valence electrons. The number of rotatable bonds is 6. The third-order valence-electron chi connectivity index (χ3n) is 3.25. The number of thiophene rings is 1. The first-order valence-electron chi connectivity index (χ1n) is 7.40. The fourth-order valence-corrected chi connectivity index (χ4v) is 3.00. The second-order valence-corrected chi connectivity index (χ2v) is 6.76. The molecular weight excluding hydrogens is 360 g/mol. The molecule has 1 heterocycles. The Balaban J connectivity index is 1.56. The molecule has 0 amide bonds. The molecule has 0 unspecified atom stereocenters. The van der Waals surface area contributed by atoms with E-state index in [0.29, 0.717) is 26.3 Å². The highest BCUT2D eigenvalue weighted by molar-refractivity contribution is 7.18. The molecule has 0 fully saturated rings. The van der Waals surface area contributed by atoms with Crippen LogP contribution in [0.25, 0.3) is 0 Å². The topological polar surface area (TPSA) is 52.6 Å². The van der Waals surface area contributed by atoms with Gasteiger partial charge >= 0.3 is 5.97 Å². The number of ketones is 1. The molecule has 25 heavy (non-hydrogen) atoms. The summed E-state index contributed by atoms with van der Waals surface area (Å²) in [5, 5.41) is 0. The number of esters is 1. The molecule has 6 heteroatoms. The minimum Gasteiger partial charge on any atom is -0.457 e. The molecule has 0 N–H and O–H groups in total. The summed E-state index contributed by atoms with van der Waals surface area (Å²) in [6.07, 6.45) is 0. The standard InChI is InChI=1S/C19H13ClO4S/c20-18-11-10-17(25-18)16(21)12-23-19(22)13-6-8-15(9-7-13)24-14-4-2-1-3-5-14/h1-11H,12H2. The number of hydrogen-bond acceptors (Lipinski definition) is 5. The maximum absolute atomic E-state index is 12.0. The fourth-order valence-electron chi connectivity index (χ4n) is 2.03. The smallest absolute Gasteiger partial charge is 0.338 e. The molecular formula is C19H13ClO4S. The molecule has 0 aliphatic carbocycles. The Hall–Kier alpha value is -2.63. The van der Waals surface area contributed by atoms with Gasteiger partial charge in [-0.1, -0.05) is 29.8 Å². The molecule has 4 nitrogen and oxygen atoms in total. The number of benzene rings is 2. The predicted octanol–water partition coefficient (Wildman–Crippen LogP) is 5.23. The van der Waals surface area contributed by atoms with Crippen molar-refractivity contribution < 1.29 is 19.1 Å². The van der Waals surface area contributed by atoms with E-state index in [-0.39, 0.29) is 12.4 Å². The maximum atomic E-state index is 12.0. The van der Waals surface area contributed by atoms with E-state index in [9.17, 15) is 9.59 Å². The first-order chi connectivity index (χ1) is 12.1. The SMILES string of the molecule is O=C(OCC(=O)c1ccc(Cl)s1)c1ccc(Oc2ccccc2)cc1. The van der Waals surface area contributed by atoms with Crippen molar-refractivity contribution >= 4 is 34.7 Å². The van der Waals surface area contributed by atoms with Gasteiger partial charge < -0.3 is 9.47 Å². The highest BCUT2D eigenvalue weighted by Gasteiger charge is 2.13. The zero-order chi connectivity index (χ0) is 17.6. The van der Waals surface area contributed by atoms with Gasteiger partial charge in [-0.2, -0.15) is 0 Å². The molecule has 3 aromatic rings. The van der Waals surface area contributed by atoms with Crippen LogP contribution in [0.3, 0.4) is 0 Å². The normalized spacial score (nSPS) is 10.3. The van der Waals surface area contributed by atoms with E-state index in [2.05, 4.69) is 0 Å². The summed E-state index contributed by atoms with van der Waals surface area (Å²) in [6, 6.07) is 19.1. The Kier molecular flexibility index (Phi) is 5.48. The zero-order valence-corrected chi connectivity index (χ0v) is 14.5. The Morgan fingerprint density at radius 3 is 2.20 bits per heavy atom. The minimum atomic E-state index is -0.567. The number of carbonyl (C=O) groups excluding carboxylic acids is 2. The monoisotopic (exact) mass is 372 g/mol. The number of carbonyl (C=O) groups is 2. The number of ether oxygens (including phenoxy) is 2. The van der Waals surface area contributed by atoms with Crippen LogP contribution in [0.5, 0.6) is 11.5 Å². The first kappa shape index (κ1) is 17.2. The van der Waals surface area contributed by atoms with Gasteiger partial charge in [0.2, 0.25) is 5.78 Å². The number of hydrogen-bond donors (Lipinski definition) is 0. The van der Waals surface area contributed by atoms with E-state index in [4.69, 9.17) is 21.1 Å². The molecule has 0 bridgehead atoms. The zero-order valence-electron chi connectivity index (χ0n) is 13.0. The van der Waals surface area contributed by atoms with Gasteiger partial charge in [0.25, 0.3) is 0 Å². The van der Waals surface area contributed by atoms with Crippen molar-refractivity contribution in [1.82, 2.24) is 0 Å². The van der Waals surface area contributed by atoms with E-state index < -0.39 is 5.97 Å². The van der Waals surface area contributed by atoms with Crippen LogP contribution in [0.2, 0.25) is 4.34 Å². The first-order valence-corrected chi connectivity index (χ1v) is 8.60. The van der Waals surface area contributed by atoms with Crippen LogP contribution in [0, 0.1) is 0 Å². The number of para-hydroxylation sites is 1. The van der Waals surface area contributed by atoms with E-state index in [0.717, 1.165) is 11.3 Å². The Bertz CT molecular complexity index is 872. The molecule has 2 aromatic carbocycles. The van der Waals surface area contributed by atoms with Crippen molar-refractivity contribution in [2.45, 2.75) is 0 Å². The van der Waals surface area contributed by atoms with Gasteiger partial charge in [0.1, 0.15) is 11.5 Å². The highest BCUT2D eigenvalue weighted by atomic mass is 35.5. The number of Topliss-reactive ketones (excluding diaryl/α,β-unsaturated/α-hetero) is 1. The molecule has 0 saturated carbocycles. The molecule has 3 rings (SSSR count). The van der Waals surface area contributed by atoms with E-state index in [1.807, 2.05) is 30.3 Å². The lowest BCUT2D eigenvalue weighted by Gasteiger charge is -2.07. The van der Waals surface area contributed by atoms with Crippen LogP contribution < -0.4 is 4.74 Å². The van der Waals surface area contributed by atoms with Crippen LogP contribution in [-0.2, 0) is 4.74 Å². The summed E-state index contributed by atoms with van der Waals surface area (Å²) in [7, 11) is 0. The molecule has 0 spiro atoms. The maximum Gasteiger partial charge on any atom is 0.338 e. The highest BCUT2D eigenvalue weighted by Crippen LogP contribution is 2.23. The minimum absolute atomic E-state index is 0.283. The largest absolute Gasteiger partial charge is 0.457 e. The molecule has 0 radical (unpaired) electrons. The van der Waals surface area contributed by atoms with Gasteiger partial charge in [-0.05, 0) is 48.5 Å². The predicted molar refractivity (Wildman–Crippen MR) is 96.9 cm³/mol. The molecule has 0 atom stereocenters. The Labute approximate surface area is 153 Å². The lowest BCUT2D eigenvalue weighted by molar-refractivity contribution is 0.0476. The van der Waals surface area contributed by atoms with Gasteiger partial charge in [-0.15, -0.1) is 11.3 Å². The number of halogens is 1. The summed E-state index contributed by atoms with van der Waals surface area (Å²) in [6.45, 7) is -0.321. The van der Waals surface area contributed by atoms with Crippen molar-refractivity contribution in [2.75, 3.05) is 6.61 Å². The second-order valence-electron chi connectivity index (χ2n) is 5.04. The summed E-state index contributed by atoms with van der Waals surface area (Å²) < 4.78 is 11.2. The molecule has 0 aliphatic rings. The van der Waals surface area contributed by atoms with Crippen molar-refractivity contribution in [1.29, 1.82) is 0 Å². The van der Waals surface area contributed by atoms with Gasteiger partial charge in [0, 0.05) is 0 Å². The van der Waals surface area contributed by atoms with Gasteiger partial charge in [-0.25, -0.2) is 4.79 Å². The van der Waals surface area contributed by atoms with Gasteiger partial charge in [-0.3, -0.25) is 4.79 Å². The van der Waals surface area contributed by atoms with Crippen LogP contribution in [0.15, 0.2) is 66.7 Å². The lowest BCUT2D eigenvalue weighted by atomic mass is 10.2. The van der Waals surface area contributed by atoms with Crippen molar-refractivity contribution in [2.24, 2.45) is 0 Å². The van der Waals surface area contributed by atoms with Crippen molar-refractivity contribution in [3.63, 3.8) is 0 Å². The summed E-state index contributed by atoms with van der Waals surface area (Å²) in [4.78, 5) is 24.4. The van der Waals surface area contributed by atoms with E-state index in [1.165, 1.54) is 0 Å². The van der Waals surface area contributed by atoms with Crippen LogP contribution in [0.1, 0.15) is 20.0 Å². The molecule has 1 aromatic heterocycles. The second kappa shape index (κ2) is 7.96. The fraction of sp³-hybridized carbons (Fsp3) is 0.0526. The van der Waals surface area contributed by atoms with Crippen molar-refractivity contribution in [3.8, 4) is 11.5 Å². The van der Waals surface area contributed by atoms with Crippen LogP contribution >= 0.6 is 22.9 Å². The lowest BCUT2D eigenvalue weighted by Crippen LogP contribution is -2.13. The van der Waals surface area contributed by atoms with Crippen molar-refractivity contribution in [3.05, 3.63) is 81.5 Å².